The molecule has 1 rings (SSSR count). The van der Waals surface area contributed by atoms with Gasteiger partial charge in [-0.25, -0.2) is 0 Å². The molecule has 1 aromatic rings. The summed E-state index contributed by atoms with van der Waals surface area (Å²) < 4.78 is 6.50. The zero-order chi connectivity index (χ0) is 12.0. The van der Waals surface area contributed by atoms with Gasteiger partial charge >= 0.3 is 0 Å². The number of hydrogen-bond donors (Lipinski definition) is 1. The molecule has 0 bridgehead atoms. The quantitative estimate of drug-likeness (QED) is 0.817. The highest BCUT2D eigenvalue weighted by Gasteiger charge is 2.04. The van der Waals surface area contributed by atoms with Crippen LogP contribution in [-0.2, 0) is 0 Å². The molecular formula is C12H19BrN2O. The van der Waals surface area contributed by atoms with Crippen molar-refractivity contribution < 1.29 is 4.74 Å². The lowest BCUT2D eigenvalue weighted by atomic mass is 10.1. The van der Waals surface area contributed by atoms with E-state index in [0.717, 1.165) is 16.8 Å². The molecule has 0 aliphatic heterocycles. The van der Waals surface area contributed by atoms with Crippen LogP contribution in [0.4, 0.5) is 0 Å². The Kier molecular flexibility index (Phi) is 5.77. The van der Waals surface area contributed by atoms with Crippen LogP contribution in [0.25, 0.3) is 0 Å². The van der Waals surface area contributed by atoms with Crippen molar-refractivity contribution in [2.75, 3.05) is 13.2 Å². The van der Waals surface area contributed by atoms with Crippen molar-refractivity contribution in [1.29, 1.82) is 0 Å². The molecule has 0 radical (unpaired) electrons. The van der Waals surface area contributed by atoms with Gasteiger partial charge in [-0.3, -0.25) is 4.98 Å². The second-order valence-electron chi connectivity index (χ2n) is 4.17. The summed E-state index contributed by atoms with van der Waals surface area (Å²) in [7, 11) is 0. The van der Waals surface area contributed by atoms with Gasteiger partial charge in [0.15, 0.2) is 0 Å². The van der Waals surface area contributed by atoms with Gasteiger partial charge < -0.3 is 10.1 Å². The van der Waals surface area contributed by atoms with E-state index in [1.807, 2.05) is 6.07 Å². The van der Waals surface area contributed by atoms with Gasteiger partial charge in [0, 0.05) is 23.3 Å². The number of rotatable bonds is 6. The summed E-state index contributed by atoms with van der Waals surface area (Å²) in [5.41, 5.74) is 0. The molecule has 3 nitrogen and oxygen atoms in total. The number of aromatic nitrogens is 1. The maximum Gasteiger partial charge on any atom is 0.138 e. The van der Waals surface area contributed by atoms with Gasteiger partial charge in [-0.2, -0.15) is 0 Å². The number of ether oxygens (including phenoxy) is 1. The molecule has 0 saturated heterocycles. The topological polar surface area (TPSA) is 34.1 Å². The normalized spacial score (nSPS) is 12.8. The van der Waals surface area contributed by atoms with Crippen LogP contribution in [0.2, 0.25) is 0 Å². The van der Waals surface area contributed by atoms with Crippen LogP contribution in [-0.4, -0.2) is 24.2 Å². The first kappa shape index (κ1) is 13.5. The second kappa shape index (κ2) is 6.86. The van der Waals surface area contributed by atoms with Crippen LogP contribution in [0, 0.1) is 5.92 Å². The van der Waals surface area contributed by atoms with Crippen LogP contribution < -0.4 is 10.1 Å². The maximum absolute atomic E-state index is 5.56. The minimum atomic E-state index is 0.518. The number of pyridine rings is 1. The summed E-state index contributed by atoms with van der Waals surface area (Å²) in [5.74, 6) is 1.45. The van der Waals surface area contributed by atoms with E-state index in [0.29, 0.717) is 18.6 Å². The Hall–Kier alpha value is -0.610. The third-order valence-electron chi connectivity index (χ3n) is 2.52. The average molecular weight is 287 g/mol. The molecule has 90 valence electrons. The minimum Gasteiger partial charge on any atom is -0.491 e. The van der Waals surface area contributed by atoms with E-state index in [1.165, 1.54) is 0 Å². The summed E-state index contributed by atoms with van der Waals surface area (Å²) in [4.78, 5) is 4.03. The third-order valence-corrected chi connectivity index (χ3v) is 2.95. The molecule has 0 saturated carbocycles. The standard InChI is InChI=1S/C12H19BrN2O/c1-9(2)10(3)15-4-5-16-12-6-11(13)7-14-8-12/h6-10,15H,4-5H2,1-3H3. The number of hydrogen-bond acceptors (Lipinski definition) is 3. The molecule has 1 N–H and O–H groups in total. The van der Waals surface area contributed by atoms with Gasteiger partial charge in [0.2, 0.25) is 0 Å². The fourth-order valence-electron chi connectivity index (χ4n) is 1.16. The Balaban J connectivity index is 2.21. The first-order valence-electron chi connectivity index (χ1n) is 5.56. The van der Waals surface area contributed by atoms with Gasteiger partial charge in [0.25, 0.3) is 0 Å². The molecule has 0 amide bonds. The largest absolute Gasteiger partial charge is 0.491 e. The van der Waals surface area contributed by atoms with Crippen molar-refractivity contribution in [2.45, 2.75) is 26.8 Å². The maximum atomic E-state index is 5.56. The lowest BCUT2D eigenvalue weighted by Gasteiger charge is -2.17. The lowest BCUT2D eigenvalue weighted by Crippen LogP contribution is -2.33. The summed E-state index contributed by atoms with van der Waals surface area (Å²) in [6.45, 7) is 8.11. The van der Waals surface area contributed by atoms with Gasteiger partial charge in [0.05, 0.1) is 6.20 Å². The Morgan fingerprint density at radius 3 is 2.75 bits per heavy atom. The lowest BCUT2D eigenvalue weighted by molar-refractivity contribution is 0.296. The highest BCUT2D eigenvalue weighted by molar-refractivity contribution is 9.10. The fourth-order valence-corrected chi connectivity index (χ4v) is 1.51. The van der Waals surface area contributed by atoms with E-state index in [1.54, 1.807) is 12.4 Å². The van der Waals surface area contributed by atoms with Gasteiger partial charge in [0.1, 0.15) is 12.4 Å². The smallest absolute Gasteiger partial charge is 0.138 e. The Bertz CT molecular complexity index is 318. The molecular weight excluding hydrogens is 268 g/mol. The first-order valence-corrected chi connectivity index (χ1v) is 6.35. The predicted octanol–water partition coefficient (Wildman–Crippen LogP) is 2.86. The van der Waals surface area contributed by atoms with E-state index in [9.17, 15) is 0 Å². The zero-order valence-corrected chi connectivity index (χ0v) is 11.6. The Morgan fingerprint density at radius 1 is 1.38 bits per heavy atom. The second-order valence-corrected chi connectivity index (χ2v) is 5.09. The van der Waals surface area contributed by atoms with Crippen molar-refractivity contribution in [3.63, 3.8) is 0 Å². The van der Waals surface area contributed by atoms with E-state index in [2.05, 4.69) is 47.0 Å². The van der Waals surface area contributed by atoms with E-state index in [-0.39, 0.29) is 0 Å². The predicted molar refractivity (Wildman–Crippen MR) is 69.7 cm³/mol. The summed E-state index contributed by atoms with van der Waals surface area (Å²) in [6.07, 6.45) is 3.46. The van der Waals surface area contributed by atoms with Crippen LogP contribution in [0.1, 0.15) is 20.8 Å². The van der Waals surface area contributed by atoms with Crippen molar-refractivity contribution in [2.24, 2.45) is 5.92 Å². The van der Waals surface area contributed by atoms with Crippen LogP contribution in [0.5, 0.6) is 5.75 Å². The van der Waals surface area contributed by atoms with Crippen LogP contribution >= 0.6 is 15.9 Å². The fraction of sp³-hybridized carbons (Fsp3) is 0.583. The average Bonchev–Trinajstić information content (AvgIpc) is 2.24. The van der Waals surface area contributed by atoms with Crippen LogP contribution in [0.3, 0.4) is 0 Å². The number of nitrogens with one attached hydrogen (secondary N) is 1. The molecule has 1 unspecified atom stereocenters. The van der Waals surface area contributed by atoms with Gasteiger partial charge in [-0.1, -0.05) is 13.8 Å². The molecule has 1 aromatic heterocycles. The third kappa shape index (κ3) is 4.94. The summed E-state index contributed by atoms with van der Waals surface area (Å²) in [6, 6.07) is 2.43. The van der Waals surface area contributed by atoms with Crippen molar-refractivity contribution in [1.82, 2.24) is 10.3 Å². The molecule has 4 heteroatoms. The Morgan fingerprint density at radius 2 is 2.12 bits per heavy atom. The highest BCUT2D eigenvalue weighted by atomic mass is 79.9. The Labute approximate surface area is 106 Å². The van der Waals surface area contributed by atoms with Crippen molar-refractivity contribution in [3.05, 3.63) is 22.9 Å². The molecule has 0 fully saturated rings. The van der Waals surface area contributed by atoms with Gasteiger partial charge in [-0.15, -0.1) is 0 Å². The zero-order valence-electron chi connectivity index (χ0n) is 10.0. The monoisotopic (exact) mass is 286 g/mol. The van der Waals surface area contributed by atoms with E-state index >= 15 is 0 Å². The number of halogens is 1. The van der Waals surface area contributed by atoms with Crippen LogP contribution in [0.15, 0.2) is 22.9 Å². The minimum absolute atomic E-state index is 0.518. The van der Waals surface area contributed by atoms with E-state index < -0.39 is 0 Å². The summed E-state index contributed by atoms with van der Waals surface area (Å²) in [5, 5.41) is 3.41. The van der Waals surface area contributed by atoms with Crippen molar-refractivity contribution in [3.8, 4) is 5.75 Å². The molecule has 0 aliphatic carbocycles. The molecule has 1 atom stereocenters. The molecule has 0 aliphatic rings. The van der Waals surface area contributed by atoms with Crippen molar-refractivity contribution >= 4 is 15.9 Å². The SMILES string of the molecule is CC(C)C(C)NCCOc1cncc(Br)c1. The highest BCUT2D eigenvalue weighted by Crippen LogP contribution is 2.15. The van der Waals surface area contributed by atoms with Gasteiger partial charge in [-0.05, 0) is 34.8 Å². The molecule has 1 heterocycles. The number of nitrogens with zero attached hydrogens (tertiary/aromatic N) is 1. The first-order chi connectivity index (χ1) is 7.59. The molecule has 0 spiro atoms. The summed E-state index contributed by atoms with van der Waals surface area (Å²) >= 11 is 3.36. The van der Waals surface area contributed by atoms with E-state index in [4.69, 9.17) is 4.74 Å². The molecule has 0 aromatic carbocycles. The molecule has 16 heavy (non-hydrogen) atoms.